The number of ketones is 1. The van der Waals surface area contributed by atoms with Gasteiger partial charge in [0.25, 0.3) is 5.91 Å². The molecule has 0 saturated carbocycles. The summed E-state index contributed by atoms with van der Waals surface area (Å²) in [6.07, 6.45) is 4.32. The normalized spacial score (nSPS) is 17.9. The van der Waals surface area contributed by atoms with Gasteiger partial charge in [-0.3, -0.25) is 9.59 Å². The zero-order valence-electron chi connectivity index (χ0n) is 17.5. The second kappa shape index (κ2) is 9.63. The molecule has 5 nitrogen and oxygen atoms in total. The van der Waals surface area contributed by atoms with Gasteiger partial charge in [0.1, 0.15) is 11.5 Å². The molecule has 0 bridgehead atoms. The molecule has 2 aromatic carbocycles. The third-order valence-electron chi connectivity index (χ3n) is 5.34. The van der Waals surface area contributed by atoms with Gasteiger partial charge in [-0.1, -0.05) is 62.1 Å². The molecule has 1 atom stereocenters. The minimum atomic E-state index is -1.88. The second-order valence-electron chi connectivity index (χ2n) is 7.82. The molecule has 6 heteroatoms. The molecule has 1 unspecified atom stereocenters. The minimum absolute atomic E-state index is 0.243. The van der Waals surface area contributed by atoms with Crippen LogP contribution in [0.2, 0.25) is 5.02 Å². The molecule has 0 aliphatic carbocycles. The van der Waals surface area contributed by atoms with Crippen molar-refractivity contribution >= 4 is 29.0 Å². The van der Waals surface area contributed by atoms with E-state index in [1.54, 1.807) is 18.2 Å². The molecule has 0 aromatic heterocycles. The van der Waals surface area contributed by atoms with E-state index in [1.807, 2.05) is 24.3 Å². The summed E-state index contributed by atoms with van der Waals surface area (Å²) in [4.78, 5) is 26.3. The monoisotopic (exact) mass is 429 g/mol. The number of aliphatic hydroxyl groups is 1. The van der Waals surface area contributed by atoms with Crippen molar-refractivity contribution in [2.75, 3.05) is 11.5 Å². The van der Waals surface area contributed by atoms with Crippen molar-refractivity contribution < 1.29 is 19.4 Å². The fourth-order valence-corrected chi connectivity index (χ4v) is 4.11. The number of para-hydroxylation sites is 1. The highest BCUT2D eigenvalue weighted by Crippen LogP contribution is 2.46. The van der Waals surface area contributed by atoms with Crippen LogP contribution in [0.5, 0.6) is 5.75 Å². The second-order valence-corrected chi connectivity index (χ2v) is 8.23. The standard InChI is InChI=1S/C24H28ClNO4/c1-3-4-5-6-14-30-19-12-10-18(11-13-19)16-26-22-20(8-7-9-21(22)25)24(29,23(26)28)15-17(2)27/h7-13,29H,3-6,14-16H2,1-2H3. The van der Waals surface area contributed by atoms with Crippen LogP contribution in [0, 0.1) is 0 Å². The average molecular weight is 430 g/mol. The van der Waals surface area contributed by atoms with E-state index in [0.29, 0.717) is 22.9 Å². The lowest BCUT2D eigenvalue weighted by Gasteiger charge is -2.22. The highest BCUT2D eigenvalue weighted by atomic mass is 35.5. The Hall–Kier alpha value is -2.37. The number of ether oxygens (including phenoxy) is 1. The number of amides is 1. The lowest BCUT2D eigenvalue weighted by atomic mass is 9.90. The fraction of sp³-hybridized carbons (Fsp3) is 0.417. The Morgan fingerprint density at radius 2 is 1.87 bits per heavy atom. The summed E-state index contributed by atoms with van der Waals surface area (Å²) in [5.74, 6) is -0.00868. The largest absolute Gasteiger partial charge is 0.494 e. The van der Waals surface area contributed by atoms with Gasteiger partial charge in [-0.05, 0) is 37.1 Å². The molecule has 3 rings (SSSR count). The number of nitrogens with zero attached hydrogens (tertiary/aromatic N) is 1. The maximum atomic E-state index is 13.1. The first-order chi connectivity index (χ1) is 14.4. The van der Waals surface area contributed by atoms with E-state index < -0.39 is 11.5 Å². The van der Waals surface area contributed by atoms with Crippen molar-refractivity contribution in [2.45, 2.75) is 58.1 Å². The van der Waals surface area contributed by atoms with Crippen LogP contribution in [0.15, 0.2) is 42.5 Å². The third kappa shape index (κ3) is 4.68. The number of hydrogen-bond acceptors (Lipinski definition) is 4. The number of fused-ring (bicyclic) bond motifs is 1. The third-order valence-corrected chi connectivity index (χ3v) is 5.64. The van der Waals surface area contributed by atoms with Gasteiger partial charge in [-0.15, -0.1) is 0 Å². The number of benzene rings is 2. The van der Waals surface area contributed by atoms with Crippen LogP contribution in [0.3, 0.4) is 0 Å². The summed E-state index contributed by atoms with van der Waals surface area (Å²) in [6, 6.07) is 12.6. The lowest BCUT2D eigenvalue weighted by Crippen LogP contribution is -2.41. The molecule has 0 fully saturated rings. The molecule has 160 valence electrons. The van der Waals surface area contributed by atoms with Crippen LogP contribution in [0.1, 0.15) is 57.1 Å². The van der Waals surface area contributed by atoms with Crippen LogP contribution < -0.4 is 9.64 Å². The molecule has 1 heterocycles. The Kier molecular flexibility index (Phi) is 7.16. The van der Waals surface area contributed by atoms with E-state index in [2.05, 4.69) is 6.92 Å². The van der Waals surface area contributed by atoms with E-state index >= 15 is 0 Å². The number of unbranched alkanes of at least 4 members (excludes halogenated alkanes) is 3. The summed E-state index contributed by atoms with van der Waals surface area (Å²) in [7, 11) is 0. The fourth-order valence-electron chi connectivity index (χ4n) is 3.84. The molecule has 2 aromatic rings. The van der Waals surface area contributed by atoms with Gasteiger partial charge in [0.05, 0.1) is 23.9 Å². The van der Waals surface area contributed by atoms with Gasteiger partial charge in [0.2, 0.25) is 0 Å². The van der Waals surface area contributed by atoms with Gasteiger partial charge >= 0.3 is 0 Å². The van der Waals surface area contributed by atoms with E-state index in [-0.39, 0.29) is 18.7 Å². The summed E-state index contributed by atoms with van der Waals surface area (Å²) in [5, 5.41) is 11.4. The average Bonchev–Trinajstić information content (AvgIpc) is 2.91. The number of halogens is 1. The molecule has 0 spiro atoms. The Labute approximate surface area is 182 Å². The first-order valence-corrected chi connectivity index (χ1v) is 10.8. The zero-order valence-corrected chi connectivity index (χ0v) is 18.2. The summed E-state index contributed by atoms with van der Waals surface area (Å²) in [6.45, 7) is 4.47. The lowest BCUT2D eigenvalue weighted by molar-refractivity contribution is -0.141. The van der Waals surface area contributed by atoms with E-state index in [9.17, 15) is 14.7 Å². The Morgan fingerprint density at radius 1 is 1.13 bits per heavy atom. The highest BCUT2D eigenvalue weighted by molar-refractivity contribution is 6.35. The van der Waals surface area contributed by atoms with Crippen molar-refractivity contribution in [3.8, 4) is 5.75 Å². The topological polar surface area (TPSA) is 66.8 Å². The first-order valence-electron chi connectivity index (χ1n) is 10.4. The molecule has 0 saturated heterocycles. The number of Topliss-reactive ketones (excluding diaryl/α,β-unsaturated/α-hetero) is 1. The van der Waals surface area contributed by atoms with E-state index in [0.717, 1.165) is 24.2 Å². The molecule has 1 N–H and O–H groups in total. The Morgan fingerprint density at radius 3 is 2.53 bits per heavy atom. The van der Waals surface area contributed by atoms with Crippen molar-refractivity contribution in [1.29, 1.82) is 0 Å². The smallest absolute Gasteiger partial charge is 0.264 e. The number of carbonyl (C=O) groups excluding carboxylic acids is 2. The first kappa shape index (κ1) is 22.3. The van der Waals surface area contributed by atoms with Crippen LogP contribution in [-0.2, 0) is 21.7 Å². The van der Waals surface area contributed by atoms with Gasteiger partial charge in [0, 0.05) is 12.0 Å². The molecular formula is C24H28ClNO4. The molecule has 1 amide bonds. The Bertz CT molecular complexity index is 912. The highest BCUT2D eigenvalue weighted by Gasteiger charge is 2.51. The van der Waals surface area contributed by atoms with Crippen molar-refractivity contribution in [3.05, 3.63) is 58.6 Å². The number of carbonyl (C=O) groups is 2. The van der Waals surface area contributed by atoms with Crippen LogP contribution in [0.25, 0.3) is 0 Å². The molecular weight excluding hydrogens is 402 g/mol. The quantitative estimate of drug-likeness (QED) is 0.539. The van der Waals surface area contributed by atoms with Gasteiger partial charge in [0.15, 0.2) is 5.60 Å². The molecule has 1 aliphatic rings. The number of anilines is 1. The molecule has 1 aliphatic heterocycles. The Balaban J connectivity index is 1.75. The van der Waals surface area contributed by atoms with Gasteiger partial charge in [-0.2, -0.15) is 0 Å². The molecule has 30 heavy (non-hydrogen) atoms. The number of rotatable bonds is 10. The summed E-state index contributed by atoms with van der Waals surface area (Å²) < 4.78 is 5.77. The van der Waals surface area contributed by atoms with Crippen molar-refractivity contribution in [2.24, 2.45) is 0 Å². The van der Waals surface area contributed by atoms with Crippen molar-refractivity contribution in [1.82, 2.24) is 0 Å². The van der Waals surface area contributed by atoms with Crippen LogP contribution in [-0.4, -0.2) is 23.4 Å². The van der Waals surface area contributed by atoms with Gasteiger partial charge < -0.3 is 14.7 Å². The summed E-state index contributed by atoms with van der Waals surface area (Å²) >= 11 is 6.37. The van der Waals surface area contributed by atoms with Crippen LogP contribution >= 0.6 is 11.6 Å². The maximum absolute atomic E-state index is 13.1. The number of hydrogen-bond donors (Lipinski definition) is 1. The maximum Gasteiger partial charge on any atom is 0.264 e. The van der Waals surface area contributed by atoms with Crippen molar-refractivity contribution in [3.63, 3.8) is 0 Å². The predicted molar refractivity (Wildman–Crippen MR) is 118 cm³/mol. The van der Waals surface area contributed by atoms with E-state index in [4.69, 9.17) is 16.3 Å². The van der Waals surface area contributed by atoms with Crippen LogP contribution in [0.4, 0.5) is 5.69 Å². The van der Waals surface area contributed by atoms with Gasteiger partial charge in [-0.25, -0.2) is 0 Å². The predicted octanol–water partition coefficient (Wildman–Crippen LogP) is 5.01. The van der Waals surface area contributed by atoms with E-state index in [1.165, 1.54) is 24.7 Å². The minimum Gasteiger partial charge on any atom is -0.494 e. The zero-order chi connectivity index (χ0) is 21.7. The molecule has 0 radical (unpaired) electrons. The SMILES string of the molecule is CCCCCCOc1ccc(CN2C(=O)C(O)(CC(C)=O)c3cccc(Cl)c32)cc1. The summed E-state index contributed by atoms with van der Waals surface area (Å²) in [5.41, 5.74) is -0.167.